The van der Waals surface area contributed by atoms with Gasteiger partial charge in [0.1, 0.15) is 11.5 Å². The van der Waals surface area contributed by atoms with E-state index in [2.05, 4.69) is 43.7 Å². The summed E-state index contributed by atoms with van der Waals surface area (Å²) in [7, 11) is 1.71. The molecule has 2 aromatic carbocycles. The minimum Gasteiger partial charge on any atom is -0.355 e. The molecule has 1 unspecified atom stereocenters. The van der Waals surface area contributed by atoms with E-state index in [4.69, 9.17) is 0 Å². The SMILES string of the molecule is CC1=NN(C)C(C(=O)Nc2cc(Nc3ccc4c(c3)NNC4C/C=C/c3ccccn3)ccc2F)=CCC1. The zero-order valence-corrected chi connectivity index (χ0v) is 21.3. The van der Waals surface area contributed by atoms with Crippen molar-refractivity contribution in [3.05, 3.63) is 95.7 Å². The van der Waals surface area contributed by atoms with Crippen LogP contribution in [-0.2, 0) is 4.79 Å². The molecule has 8 nitrogen and oxygen atoms in total. The molecule has 0 radical (unpaired) electrons. The summed E-state index contributed by atoms with van der Waals surface area (Å²) in [4.78, 5) is 17.2. The fourth-order valence-corrected chi connectivity index (χ4v) is 4.48. The fourth-order valence-electron chi connectivity index (χ4n) is 4.48. The zero-order valence-electron chi connectivity index (χ0n) is 21.3. The van der Waals surface area contributed by atoms with E-state index in [-0.39, 0.29) is 11.7 Å². The number of nitrogens with one attached hydrogen (secondary N) is 4. The third-order valence-electron chi connectivity index (χ3n) is 6.41. The summed E-state index contributed by atoms with van der Waals surface area (Å²) >= 11 is 0. The summed E-state index contributed by atoms with van der Waals surface area (Å²) in [5.41, 5.74) is 12.5. The zero-order chi connectivity index (χ0) is 26.5. The number of amides is 1. The Morgan fingerprint density at radius 1 is 1.18 bits per heavy atom. The number of hydrogen-bond donors (Lipinski definition) is 4. The molecular weight excluding hydrogens is 481 g/mol. The van der Waals surface area contributed by atoms with Crippen LogP contribution in [0.1, 0.15) is 43.5 Å². The van der Waals surface area contributed by atoms with Crippen molar-refractivity contribution in [1.29, 1.82) is 0 Å². The Morgan fingerprint density at radius 2 is 2.03 bits per heavy atom. The van der Waals surface area contributed by atoms with Gasteiger partial charge in [-0.2, -0.15) is 5.10 Å². The summed E-state index contributed by atoms with van der Waals surface area (Å²) in [6.07, 6.45) is 10.0. The molecular formula is C29H30FN7O. The van der Waals surface area contributed by atoms with E-state index < -0.39 is 11.7 Å². The van der Waals surface area contributed by atoms with Gasteiger partial charge in [-0.25, -0.2) is 9.82 Å². The first kappa shape index (κ1) is 25.2. The molecule has 1 atom stereocenters. The molecule has 4 N–H and O–H groups in total. The maximum Gasteiger partial charge on any atom is 0.273 e. The number of pyridine rings is 1. The molecule has 5 rings (SSSR count). The lowest BCUT2D eigenvalue weighted by Gasteiger charge is -2.17. The molecule has 38 heavy (non-hydrogen) atoms. The predicted molar refractivity (Wildman–Crippen MR) is 150 cm³/mol. The number of fused-ring (bicyclic) bond motifs is 1. The number of halogens is 1. The molecule has 1 amide bonds. The average Bonchev–Trinajstić information content (AvgIpc) is 3.22. The molecule has 3 heterocycles. The van der Waals surface area contributed by atoms with Crippen molar-refractivity contribution in [3.8, 4) is 0 Å². The van der Waals surface area contributed by atoms with Gasteiger partial charge in [0.15, 0.2) is 0 Å². The van der Waals surface area contributed by atoms with Gasteiger partial charge >= 0.3 is 0 Å². The molecule has 0 aliphatic carbocycles. The van der Waals surface area contributed by atoms with Crippen LogP contribution in [0.25, 0.3) is 6.08 Å². The minimum absolute atomic E-state index is 0.0972. The van der Waals surface area contributed by atoms with Crippen LogP contribution >= 0.6 is 0 Å². The van der Waals surface area contributed by atoms with Crippen LogP contribution < -0.4 is 21.5 Å². The molecule has 2 aliphatic heterocycles. The number of aromatic nitrogens is 1. The Hall–Kier alpha value is -4.50. The molecule has 3 aromatic rings. The lowest BCUT2D eigenvalue weighted by Crippen LogP contribution is -2.25. The highest BCUT2D eigenvalue weighted by Gasteiger charge is 2.21. The second kappa shape index (κ2) is 11.3. The van der Waals surface area contributed by atoms with E-state index >= 15 is 0 Å². The lowest BCUT2D eigenvalue weighted by atomic mass is 10.0. The van der Waals surface area contributed by atoms with Gasteiger partial charge in [-0.3, -0.25) is 14.8 Å². The van der Waals surface area contributed by atoms with E-state index in [1.54, 1.807) is 25.4 Å². The first-order valence-electron chi connectivity index (χ1n) is 12.6. The standard InChI is InChI=1S/C29H30FN7O/c1-19-7-5-11-28(37(2)36-19)29(38)33-27-18-22(13-15-24(27)30)32-21-12-14-23-25(34-35-26(23)17-21)10-6-9-20-8-3-4-16-31-20/h3-4,6,8-9,11-18,25,32,34-35H,5,7,10H2,1-2H3,(H,33,38)/b9-6+. The molecule has 9 heteroatoms. The topological polar surface area (TPSA) is 93.7 Å². The second-order valence-corrected chi connectivity index (χ2v) is 9.28. The van der Waals surface area contributed by atoms with Crippen LogP contribution in [0.15, 0.2) is 83.7 Å². The van der Waals surface area contributed by atoms with Gasteiger partial charge in [-0.15, -0.1) is 0 Å². The molecule has 194 valence electrons. The summed E-state index contributed by atoms with van der Waals surface area (Å²) in [5, 5.41) is 11.9. The molecule has 0 bridgehead atoms. The van der Waals surface area contributed by atoms with Gasteiger partial charge in [-0.05, 0) is 80.3 Å². The monoisotopic (exact) mass is 511 g/mol. The lowest BCUT2D eigenvalue weighted by molar-refractivity contribution is -0.114. The Bertz CT molecular complexity index is 1420. The Balaban J connectivity index is 1.25. The number of carbonyl (C=O) groups is 1. The largest absolute Gasteiger partial charge is 0.355 e. The Labute approximate surface area is 221 Å². The quantitative estimate of drug-likeness (QED) is 0.313. The number of rotatable bonds is 7. The number of hydrazine groups is 1. The number of hydrazone groups is 1. The number of benzene rings is 2. The molecule has 0 fully saturated rings. The molecule has 1 aromatic heterocycles. The van der Waals surface area contributed by atoms with Crippen LogP contribution in [0, 0.1) is 5.82 Å². The Morgan fingerprint density at radius 3 is 2.87 bits per heavy atom. The minimum atomic E-state index is -0.512. The highest BCUT2D eigenvalue weighted by atomic mass is 19.1. The smallest absolute Gasteiger partial charge is 0.273 e. The molecule has 0 saturated heterocycles. The van der Waals surface area contributed by atoms with Gasteiger partial charge < -0.3 is 16.1 Å². The van der Waals surface area contributed by atoms with E-state index in [1.807, 2.05) is 49.4 Å². The normalized spacial score (nSPS) is 16.8. The van der Waals surface area contributed by atoms with Gasteiger partial charge in [0, 0.05) is 30.3 Å². The number of anilines is 4. The predicted octanol–water partition coefficient (Wildman–Crippen LogP) is 5.96. The number of nitrogens with zero attached hydrogens (tertiary/aromatic N) is 3. The van der Waals surface area contributed by atoms with Gasteiger partial charge in [0.05, 0.1) is 23.1 Å². The van der Waals surface area contributed by atoms with Crippen LogP contribution in [0.2, 0.25) is 0 Å². The van der Waals surface area contributed by atoms with Crippen LogP contribution in [-0.4, -0.2) is 28.7 Å². The summed E-state index contributed by atoms with van der Waals surface area (Å²) in [6, 6.07) is 16.6. The van der Waals surface area contributed by atoms with Crippen molar-refractivity contribution in [2.75, 3.05) is 23.1 Å². The average molecular weight is 512 g/mol. The van der Waals surface area contributed by atoms with Gasteiger partial charge in [0.25, 0.3) is 5.91 Å². The van der Waals surface area contributed by atoms with Crippen LogP contribution in [0.3, 0.4) is 0 Å². The molecule has 0 spiro atoms. The molecule has 0 saturated carbocycles. The van der Waals surface area contributed by atoms with Crippen molar-refractivity contribution in [2.24, 2.45) is 5.10 Å². The highest BCUT2D eigenvalue weighted by molar-refractivity contribution is 6.04. The summed E-state index contributed by atoms with van der Waals surface area (Å²) in [5.74, 6) is -0.917. The summed E-state index contributed by atoms with van der Waals surface area (Å²) < 4.78 is 14.6. The van der Waals surface area contributed by atoms with E-state index in [0.717, 1.165) is 41.2 Å². The van der Waals surface area contributed by atoms with E-state index in [0.29, 0.717) is 17.8 Å². The number of allylic oxidation sites excluding steroid dienone is 1. The maximum atomic E-state index is 14.6. The third-order valence-corrected chi connectivity index (χ3v) is 6.41. The highest BCUT2D eigenvalue weighted by Crippen LogP contribution is 2.34. The van der Waals surface area contributed by atoms with Crippen LogP contribution in [0.5, 0.6) is 0 Å². The second-order valence-electron chi connectivity index (χ2n) is 9.28. The number of hydrogen-bond acceptors (Lipinski definition) is 7. The van der Waals surface area contributed by atoms with Gasteiger partial charge in [0.2, 0.25) is 0 Å². The van der Waals surface area contributed by atoms with Crippen LogP contribution in [0.4, 0.5) is 27.1 Å². The fraction of sp³-hybridized carbons (Fsp3) is 0.207. The van der Waals surface area contributed by atoms with Crippen molar-refractivity contribution < 1.29 is 9.18 Å². The summed E-state index contributed by atoms with van der Waals surface area (Å²) in [6.45, 7) is 1.92. The van der Waals surface area contributed by atoms with Crippen molar-refractivity contribution >= 4 is 40.4 Å². The first-order chi connectivity index (χ1) is 18.5. The Kier molecular flexibility index (Phi) is 7.46. The van der Waals surface area contributed by atoms with Crippen molar-refractivity contribution in [3.63, 3.8) is 0 Å². The van der Waals surface area contributed by atoms with Gasteiger partial charge in [-0.1, -0.05) is 24.3 Å². The van der Waals surface area contributed by atoms with E-state index in [9.17, 15) is 9.18 Å². The third kappa shape index (κ3) is 5.90. The maximum absolute atomic E-state index is 14.6. The molecule has 2 aliphatic rings. The number of likely N-dealkylation sites (N-methyl/N-ethyl adjacent to an activating group) is 1. The van der Waals surface area contributed by atoms with E-state index in [1.165, 1.54) is 11.1 Å². The number of carbonyl (C=O) groups excluding carboxylic acids is 1. The first-order valence-corrected chi connectivity index (χ1v) is 12.6. The van der Waals surface area contributed by atoms with Crippen molar-refractivity contribution in [2.45, 2.75) is 32.2 Å². The van der Waals surface area contributed by atoms with Crippen molar-refractivity contribution in [1.82, 2.24) is 15.4 Å².